The molecule has 0 aliphatic heterocycles. The number of aromatic amines is 1. The van der Waals surface area contributed by atoms with E-state index < -0.39 is 0 Å². The van der Waals surface area contributed by atoms with Gasteiger partial charge in [0.15, 0.2) is 0 Å². The number of rotatable bonds is 11. The van der Waals surface area contributed by atoms with E-state index >= 15 is 0 Å². The minimum atomic E-state index is -0.383. The molecule has 1 fully saturated rings. The molecule has 7 nitrogen and oxygen atoms in total. The van der Waals surface area contributed by atoms with E-state index in [1.165, 1.54) is 5.06 Å². The minimum Gasteiger partial charge on any atom is -0.487 e. The van der Waals surface area contributed by atoms with Gasteiger partial charge in [-0.25, -0.2) is 4.98 Å². The van der Waals surface area contributed by atoms with Gasteiger partial charge in [-0.3, -0.25) is 9.63 Å². The third-order valence-corrected chi connectivity index (χ3v) is 7.98. The summed E-state index contributed by atoms with van der Waals surface area (Å²) in [4.78, 5) is 28.4. The highest BCUT2D eigenvalue weighted by atomic mass is 16.7. The molecule has 1 saturated carbocycles. The van der Waals surface area contributed by atoms with E-state index in [1.807, 2.05) is 85.2 Å². The second-order valence-electron chi connectivity index (χ2n) is 10.7. The van der Waals surface area contributed by atoms with Crippen LogP contribution in [0.25, 0.3) is 22.0 Å². The van der Waals surface area contributed by atoms with Crippen LogP contribution in [-0.4, -0.2) is 29.0 Å². The van der Waals surface area contributed by atoms with Gasteiger partial charge >= 0.3 is 0 Å². The zero-order valence-electron chi connectivity index (χ0n) is 23.6. The van der Waals surface area contributed by atoms with E-state index in [9.17, 15) is 4.79 Å². The highest BCUT2D eigenvalue weighted by molar-refractivity contribution is 5.98. The Morgan fingerprint density at radius 2 is 1.79 bits per heavy atom. The summed E-state index contributed by atoms with van der Waals surface area (Å²) in [7, 11) is 0. The average Bonchev–Trinajstić information content (AvgIpc) is 3.77. The molecule has 0 radical (unpaired) electrons. The first-order chi connectivity index (χ1) is 20.7. The second kappa shape index (κ2) is 13.0. The van der Waals surface area contributed by atoms with E-state index in [4.69, 9.17) is 20.3 Å². The second-order valence-corrected chi connectivity index (χ2v) is 10.7. The molecule has 7 heteroatoms. The van der Waals surface area contributed by atoms with E-state index in [-0.39, 0.29) is 24.3 Å². The van der Waals surface area contributed by atoms with Crippen molar-refractivity contribution in [2.45, 2.75) is 38.2 Å². The van der Waals surface area contributed by atoms with Crippen LogP contribution in [0.4, 0.5) is 5.69 Å². The number of anilines is 1. The molecule has 3 N–H and O–H groups in total. The Hall–Kier alpha value is -4.46. The molecule has 1 aliphatic rings. The normalized spacial score (nSPS) is 14.2. The number of hydrogen-bond donors (Lipinski definition) is 2. The fraction of sp³-hybridized carbons (Fsp3) is 0.257. The Kier molecular flexibility index (Phi) is 8.59. The van der Waals surface area contributed by atoms with Crippen molar-refractivity contribution in [3.8, 4) is 16.9 Å². The van der Waals surface area contributed by atoms with Gasteiger partial charge in [0.1, 0.15) is 12.4 Å². The molecule has 1 amide bonds. The van der Waals surface area contributed by atoms with E-state index in [2.05, 4.69) is 23.2 Å². The molecule has 0 unspecified atom stereocenters. The van der Waals surface area contributed by atoms with Gasteiger partial charge in [-0.2, -0.15) is 5.06 Å². The van der Waals surface area contributed by atoms with Crippen molar-refractivity contribution in [1.82, 2.24) is 9.97 Å². The molecule has 0 saturated heterocycles. The quantitative estimate of drug-likeness (QED) is 0.170. The number of pyridine rings is 1. The number of aromatic nitrogens is 2. The van der Waals surface area contributed by atoms with Crippen molar-refractivity contribution in [2.24, 2.45) is 11.7 Å². The van der Waals surface area contributed by atoms with Gasteiger partial charge in [-0.15, -0.1) is 0 Å². The highest BCUT2D eigenvalue weighted by Gasteiger charge is 2.37. The lowest BCUT2D eigenvalue weighted by molar-refractivity contribution is -0.128. The number of amides is 1. The van der Waals surface area contributed by atoms with E-state index in [1.54, 1.807) is 0 Å². The third kappa shape index (κ3) is 6.08. The standard InChI is InChI=1S/C35H36N4O3/c36-19-21-42-39(29-11-2-1-3-12-29)35(40)34(26-9-4-5-10-26)31-17-16-30(22-32(31)27-18-20-37-23-27)41-24-28-15-14-25-8-6-7-13-33(25)38-28/h1-3,6-8,11-18,20,22-23,26,34,37H,4-5,9-10,19,21,24,36H2/t34-/m1/s1. The molecule has 2 heterocycles. The van der Waals surface area contributed by atoms with Crippen molar-refractivity contribution >= 4 is 22.5 Å². The highest BCUT2D eigenvalue weighted by Crippen LogP contribution is 2.43. The maximum absolute atomic E-state index is 14.5. The summed E-state index contributed by atoms with van der Waals surface area (Å²) >= 11 is 0. The SMILES string of the molecule is NCCON(C(=O)[C@@H](c1ccc(OCc2ccc3ccccc3n2)cc1-c1cc[nH]c1)C1CCCC1)c1ccccc1. The van der Waals surface area contributed by atoms with Gasteiger partial charge < -0.3 is 15.5 Å². The Labute approximate surface area is 246 Å². The minimum absolute atomic E-state index is 0.0765. The molecule has 214 valence electrons. The van der Waals surface area contributed by atoms with E-state index in [0.29, 0.717) is 18.8 Å². The molecule has 1 aliphatic carbocycles. The lowest BCUT2D eigenvalue weighted by Crippen LogP contribution is -2.39. The summed E-state index contributed by atoms with van der Waals surface area (Å²) in [6.45, 7) is 0.909. The van der Waals surface area contributed by atoms with Crippen LogP contribution in [0.15, 0.2) is 103 Å². The van der Waals surface area contributed by atoms with Crippen LogP contribution in [0, 0.1) is 5.92 Å². The van der Waals surface area contributed by atoms with Crippen LogP contribution in [0.1, 0.15) is 42.9 Å². The van der Waals surface area contributed by atoms with Crippen LogP contribution < -0.4 is 15.5 Å². The first-order valence-electron chi connectivity index (χ1n) is 14.7. The molecule has 5 aromatic rings. The van der Waals surface area contributed by atoms with Gasteiger partial charge in [0.05, 0.1) is 29.4 Å². The van der Waals surface area contributed by atoms with Gasteiger partial charge in [0.2, 0.25) is 0 Å². The predicted molar refractivity (Wildman–Crippen MR) is 166 cm³/mol. The summed E-state index contributed by atoms with van der Waals surface area (Å²) in [5, 5.41) is 2.55. The smallest absolute Gasteiger partial charge is 0.258 e. The fourth-order valence-corrected chi connectivity index (χ4v) is 5.96. The average molecular weight is 561 g/mol. The molecule has 2 aromatic heterocycles. The number of H-pyrrole nitrogens is 1. The number of hydrogen-bond acceptors (Lipinski definition) is 5. The number of hydroxylamine groups is 1. The molecule has 42 heavy (non-hydrogen) atoms. The van der Waals surface area contributed by atoms with Crippen LogP contribution in [0.3, 0.4) is 0 Å². The van der Waals surface area contributed by atoms with Gasteiger partial charge in [0.25, 0.3) is 5.91 Å². The lowest BCUT2D eigenvalue weighted by atomic mass is 9.80. The van der Waals surface area contributed by atoms with Gasteiger partial charge in [-0.1, -0.05) is 61.4 Å². The van der Waals surface area contributed by atoms with Crippen molar-refractivity contribution in [3.63, 3.8) is 0 Å². The monoisotopic (exact) mass is 560 g/mol. The number of nitrogens with two attached hydrogens (primary N) is 1. The zero-order chi connectivity index (χ0) is 28.7. The molecule has 3 aromatic carbocycles. The third-order valence-electron chi connectivity index (χ3n) is 7.98. The number of nitrogens with zero attached hydrogens (tertiary/aromatic N) is 2. The zero-order valence-corrected chi connectivity index (χ0v) is 23.6. The number of carbonyl (C=O) groups is 1. The summed E-state index contributed by atoms with van der Waals surface area (Å²) in [5.74, 6) is 0.470. The van der Waals surface area contributed by atoms with Crippen molar-refractivity contribution in [1.29, 1.82) is 0 Å². The largest absolute Gasteiger partial charge is 0.487 e. The van der Waals surface area contributed by atoms with Crippen molar-refractivity contribution in [2.75, 3.05) is 18.2 Å². The number of ether oxygens (including phenoxy) is 1. The number of para-hydroxylation sites is 2. The first-order valence-corrected chi connectivity index (χ1v) is 14.7. The van der Waals surface area contributed by atoms with Crippen LogP contribution in [-0.2, 0) is 16.2 Å². The van der Waals surface area contributed by atoms with Crippen LogP contribution >= 0.6 is 0 Å². The Bertz CT molecular complexity index is 1610. The molecule has 1 atom stereocenters. The van der Waals surface area contributed by atoms with Gasteiger partial charge in [-0.05, 0) is 77.9 Å². The molecular formula is C35H36N4O3. The van der Waals surface area contributed by atoms with Crippen molar-refractivity contribution < 1.29 is 14.4 Å². The number of benzene rings is 3. The Morgan fingerprint density at radius 3 is 2.57 bits per heavy atom. The molecule has 0 bridgehead atoms. The Balaban J connectivity index is 1.35. The van der Waals surface area contributed by atoms with Crippen molar-refractivity contribution in [3.05, 3.63) is 115 Å². The topological polar surface area (TPSA) is 93.5 Å². The number of carbonyl (C=O) groups excluding carboxylic acids is 1. The number of nitrogens with one attached hydrogen (secondary N) is 1. The van der Waals surface area contributed by atoms with Crippen LogP contribution in [0.5, 0.6) is 5.75 Å². The fourth-order valence-electron chi connectivity index (χ4n) is 5.96. The summed E-state index contributed by atoms with van der Waals surface area (Å²) in [6.07, 6.45) is 8.08. The maximum atomic E-state index is 14.5. The summed E-state index contributed by atoms with van der Waals surface area (Å²) < 4.78 is 6.26. The van der Waals surface area contributed by atoms with E-state index in [0.717, 1.165) is 64.7 Å². The van der Waals surface area contributed by atoms with Crippen LogP contribution in [0.2, 0.25) is 0 Å². The molecular weight excluding hydrogens is 524 g/mol. The Morgan fingerprint density at radius 1 is 0.976 bits per heavy atom. The predicted octanol–water partition coefficient (Wildman–Crippen LogP) is 7.01. The summed E-state index contributed by atoms with van der Waals surface area (Å²) in [5.41, 5.74) is 11.2. The lowest BCUT2D eigenvalue weighted by Gasteiger charge is -2.31. The van der Waals surface area contributed by atoms with Gasteiger partial charge in [0, 0.05) is 24.3 Å². The first kappa shape index (κ1) is 27.7. The molecule has 0 spiro atoms. The maximum Gasteiger partial charge on any atom is 0.258 e. The number of fused-ring (bicyclic) bond motifs is 1. The molecule has 6 rings (SSSR count). The summed E-state index contributed by atoms with van der Waals surface area (Å²) in [6, 6.07) is 29.8.